The van der Waals surface area contributed by atoms with Crippen molar-refractivity contribution in [3.8, 4) is 0 Å². The number of quaternary nitrogens is 1. The van der Waals surface area contributed by atoms with Gasteiger partial charge >= 0.3 is 0 Å². The average Bonchev–Trinajstić information content (AvgIpc) is 2.37. The molecule has 5 heteroatoms. The van der Waals surface area contributed by atoms with Gasteiger partial charge in [0.25, 0.3) is 0 Å². The van der Waals surface area contributed by atoms with Crippen LogP contribution in [0.4, 0.5) is 0 Å². The van der Waals surface area contributed by atoms with Crippen molar-refractivity contribution in [2.24, 2.45) is 0 Å². The Morgan fingerprint density at radius 2 is 1.05 bits per heavy atom. The molecule has 0 heterocycles. The van der Waals surface area contributed by atoms with E-state index in [1.165, 1.54) is 69.2 Å². The van der Waals surface area contributed by atoms with Crippen LogP contribution >= 0.6 is 0 Å². The lowest BCUT2D eigenvalue weighted by Gasteiger charge is -2.38. The van der Waals surface area contributed by atoms with Crippen molar-refractivity contribution >= 4 is 10.1 Å². The van der Waals surface area contributed by atoms with Crippen molar-refractivity contribution in [2.45, 2.75) is 66.2 Å². The Morgan fingerprint density at radius 1 is 0.800 bits per heavy atom. The lowest BCUT2D eigenvalue weighted by Crippen LogP contribution is -2.49. The molecule has 0 aliphatic heterocycles. The van der Waals surface area contributed by atoms with Gasteiger partial charge in [-0.05, 0) is 26.2 Å². The number of hydrogen-bond acceptors (Lipinski definition) is 3. The van der Waals surface area contributed by atoms with Crippen LogP contribution < -0.4 is 0 Å². The number of nitrogens with zero attached hydrogens (tertiary/aromatic N) is 1. The van der Waals surface area contributed by atoms with Crippen LogP contribution in [0.25, 0.3) is 0 Å². The Kier molecular flexibility index (Phi) is 14.0. The van der Waals surface area contributed by atoms with Gasteiger partial charge in [0, 0.05) is 6.26 Å². The minimum Gasteiger partial charge on any atom is -0.748 e. The lowest BCUT2D eigenvalue weighted by atomic mass is 10.1. The van der Waals surface area contributed by atoms with Crippen LogP contribution in [0.1, 0.15) is 66.2 Å². The zero-order chi connectivity index (χ0) is 16.1. The molecule has 0 radical (unpaired) electrons. The highest BCUT2D eigenvalue weighted by molar-refractivity contribution is 7.84. The molecule has 0 amide bonds. The topological polar surface area (TPSA) is 57.2 Å². The third-order valence-corrected chi connectivity index (χ3v) is 3.63. The van der Waals surface area contributed by atoms with Gasteiger partial charge in [0.1, 0.15) is 0 Å². The molecule has 0 N–H and O–H groups in total. The Balaban J connectivity index is 0. The second-order valence-electron chi connectivity index (χ2n) is 5.59. The first-order valence-electron chi connectivity index (χ1n) is 8.00. The first-order valence-corrected chi connectivity index (χ1v) is 9.82. The molecule has 0 rings (SSSR count). The fourth-order valence-electron chi connectivity index (χ4n) is 2.29. The Bertz CT molecular complexity index is 272. The van der Waals surface area contributed by atoms with Gasteiger partial charge in [0.05, 0.1) is 36.3 Å². The molecule has 0 aromatic carbocycles. The van der Waals surface area contributed by atoms with Crippen molar-refractivity contribution in [2.75, 3.05) is 32.4 Å². The quantitative estimate of drug-likeness (QED) is 0.459. The van der Waals surface area contributed by atoms with E-state index in [1.54, 1.807) is 0 Å². The molecule has 4 nitrogen and oxygen atoms in total. The maximum absolute atomic E-state index is 9.08. The van der Waals surface area contributed by atoms with Crippen LogP contribution in [0, 0.1) is 0 Å². The van der Waals surface area contributed by atoms with E-state index in [-0.39, 0.29) is 0 Å². The zero-order valence-electron chi connectivity index (χ0n) is 14.2. The third-order valence-electron chi connectivity index (χ3n) is 3.63. The molecule has 0 aromatic rings. The minimum atomic E-state index is -3.92. The summed E-state index contributed by atoms with van der Waals surface area (Å²) < 4.78 is 28.6. The van der Waals surface area contributed by atoms with E-state index in [4.69, 9.17) is 13.0 Å². The molecule has 0 aromatic heterocycles. The van der Waals surface area contributed by atoms with Crippen LogP contribution in [0.5, 0.6) is 0 Å². The van der Waals surface area contributed by atoms with Gasteiger partial charge in [-0.15, -0.1) is 0 Å². The van der Waals surface area contributed by atoms with Gasteiger partial charge in [-0.3, -0.25) is 0 Å². The van der Waals surface area contributed by atoms with Crippen molar-refractivity contribution in [3.05, 3.63) is 0 Å². The zero-order valence-corrected chi connectivity index (χ0v) is 15.0. The first kappa shape index (κ1) is 22.2. The summed E-state index contributed by atoms with van der Waals surface area (Å²) in [4.78, 5) is 0. The lowest BCUT2D eigenvalue weighted by molar-refractivity contribution is -0.927. The van der Waals surface area contributed by atoms with Gasteiger partial charge < -0.3 is 9.04 Å². The van der Waals surface area contributed by atoms with Gasteiger partial charge in [-0.2, -0.15) is 0 Å². The molecule has 0 aliphatic carbocycles. The van der Waals surface area contributed by atoms with Gasteiger partial charge in [-0.1, -0.05) is 40.0 Å². The summed E-state index contributed by atoms with van der Waals surface area (Å²) in [5.41, 5.74) is 0. The Morgan fingerprint density at radius 3 is 1.20 bits per heavy atom. The highest BCUT2D eigenvalue weighted by atomic mass is 32.2. The average molecular weight is 310 g/mol. The van der Waals surface area contributed by atoms with E-state index in [1.807, 2.05) is 0 Å². The molecular formula is C15H35NO3S. The van der Waals surface area contributed by atoms with Crippen molar-refractivity contribution in [1.82, 2.24) is 0 Å². The molecule has 0 fully saturated rings. The van der Waals surface area contributed by atoms with Gasteiger partial charge in [0.2, 0.25) is 0 Å². The number of hydrogen-bond donors (Lipinski definition) is 0. The summed E-state index contributed by atoms with van der Waals surface area (Å²) in [6.07, 6.45) is 8.85. The summed E-state index contributed by atoms with van der Waals surface area (Å²) in [6, 6.07) is 0. The number of rotatable bonds is 10. The van der Waals surface area contributed by atoms with Gasteiger partial charge in [0.15, 0.2) is 0 Å². The summed E-state index contributed by atoms with van der Waals surface area (Å²) in [5, 5.41) is 0. The number of unbranched alkanes of at least 4 members (excludes halogenated alkanes) is 3. The molecule has 124 valence electrons. The highest BCUT2D eigenvalue weighted by Crippen LogP contribution is 2.14. The largest absolute Gasteiger partial charge is 0.748 e. The van der Waals surface area contributed by atoms with E-state index in [0.717, 1.165) is 0 Å². The summed E-state index contributed by atoms with van der Waals surface area (Å²) in [5.74, 6) is 0. The summed E-state index contributed by atoms with van der Waals surface area (Å²) in [7, 11) is -3.92. The van der Waals surface area contributed by atoms with Crippen LogP contribution in [0.15, 0.2) is 0 Å². The van der Waals surface area contributed by atoms with Crippen LogP contribution in [-0.4, -0.2) is 49.9 Å². The molecule has 0 unspecified atom stereocenters. The van der Waals surface area contributed by atoms with Crippen molar-refractivity contribution in [3.63, 3.8) is 0 Å². The predicted octanol–water partition coefficient (Wildman–Crippen LogP) is 3.38. The fraction of sp³-hybridized carbons (Fsp3) is 1.00. The van der Waals surface area contributed by atoms with E-state index in [2.05, 4.69) is 27.7 Å². The smallest absolute Gasteiger partial charge is 0.0916 e. The van der Waals surface area contributed by atoms with Crippen LogP contribution in [-0.2, 0) is 10.1 Å². The predicted molar refractivity (Wildman–Crippen MR) is 85.7 cm³/mol. The Hall–Kier alpha value is -0.130. The minimum absolute atomic E-state index is 0.604. The molecular weight excluding hydrogens is 274 g/mol. The van der Waals surface area contributed by atoms with Crippen molar-refractivity contribution < 1.29 is 17.5 Å². The molecule has 0 spiro atoms. The summed E-state index contributed by atoms with van der Waals surface area (Å²) >= 11 is 0. The second kappa shape index (κ2) is 12.6. The normalized spacial score (nSPS) is 11.9. The highest BCUT2D eigenvalue weighted by Gasteiger charge is 2.22. The fourth-order valence-corrected chi connectivity index (χ4v) is 2.29. The molecule has 0 bridgehead atoms. The maximum atomic E-state index is 9.08. The molecule has 0 saturated carbocycles. The van der Waals surface area contributed by atoms with E-state index in [9.17, 15) is 0 Å². The molecule has 0 atom stereocenters. The van der Waals surface area contributed by atoms with E-state index in [0.29, 0.717) is 6.26 Å². The van der Waals surface area contributed by atoms with Crippen LogP contribution in [0.2, 0.25) is 0 Å². The Labute approximate surface area is 126 Å². The van der Waals surface area contributed by atoms with Gasteiger partial charge in [-0.25, -0.2) is 8.42 Å². The van der Waals surface area contributed by atoms with E-state index >= 15 is 0 Å². The molecule has 0 saturated heterocycles. The second-order valence-corrected chi connectivity index (χ2v) is 7.00. The van der Waals surface area contributed by atoms with E-state index < -0.39 is 10.1 Å². The monoisotopic (exact) mass is 309 g/mol. The SMILES string of the molecule is CCCC[N+](CC)(CCCC)CCCC.CS(=O)(=O)[O-]. The first-order chi connectivity index (χ1) is 9.24. The standard InChI is InChI=1S/C14H32N.CH4O3S/c1-5-9-12-15(8-4,13-10-6-2)14-11-7-3;1-5(2,3)4/h5-14H2,1-4H3;1H3,(H,2,3,4)/q+1;/p-1. The third kappa shape index (κ3) is 15.9. The molecule has 0 aliphatic rings. The van der Waals surface area contributed by atoms with Crippen molar-refractivity contribution in [1.29, 1.82) is 0 Å². The maximum Gasteiger partial charge on any atom is 0.0916 e. The van der Waals surface area contributed by atoms with Crippen LogP contribution in [0.3, 0.4) is 0 Å². The summed E-state index contributed by atoms with van der Waals surface area (Å²) in [6.45, 7) is 14.9. The molecule has 20 heavy (non-hydrogen) atoms.